The quantitative estimate of drug-likeness (QED) is 0.634. The van der Waals surface area contributed by atoms with Gasteiger partial charge in [0.05, 0.1) is 32.5 Å². The molecule has 0 aromatic carbocycles. The molecular weight excluding hydrogens is 256 g/mol. The smallest absolute Gasteiger partial charge is 0.323 e. The van der Waals surface area contributed by atoms with Crippen LogP contribution in [0.2, 0.25) is 0 Å². The number of hydrogen-bond donors (Lipinski definition) is 2. The van der Waals surface area contributed by atoms with Crippen LogP contribution in [0.15, 0.2) is 0 Å². The van der Waals surface area contributed by atoms with Gasteiger partial charge in [0.15, 0.2) is 0 Å². The van der Waals surface area contributed by atoms with E-state index in [1.54, 1.807) is 0 Å². The average molecular weight is 276 g/mol. The Balaban J connectivity index is 2.69. The fourth-order valence-corrected chi connectivity index (χ4v) is 1.85. The maximum atomic E-state index is 12.3. The highest BCUT2D eigenvalue weighted by Crippen LogP contribution is 2.10. The maximum Gasteiger partial charge on any atom is 0.323 e. The molecule has 1 atom stereocenters. The predicted molar refractivity (Wildman–Crippen MR) is 64.9 cm³/mol. The summed E-state index contributed by atoms with van der Waals surface area (Å²) in [6.45, 7) is 0.826. The highest BCUT2D eigenvalue weighted by atomic mass is 16.5. The van der Waals surface area contributed by atoms with Crippen LogP contribution in [0.1, 0.15) is 0 Å². The Kier molecular flexibility index (Phi) is 6.54. The Bertz CT molecular complexity index is 312. The number of carbonyl (C=O) groups is 2. The Morgan fingerprint density at radius 1 is 1.53 bits per heavy atom. The standard InChI is InChI=1S/C11H20N2O6/c1-18-4-2-12(6-10(15)16)11(17)13-3-5-19-8-9(13)7-14/h9,14H,2-8H2,1H3,(H,15,16). The van der Waals surface area contributed by atoms with E-state index in [0.29, 0.717) is 13.2 Å². The number of amides is 2. The predicted octanol–water partition coefficient (Wildman–Crippen LogP) is -1.17. The molecule has 1 saturated heterocycles. The van der Waals surface area contributed by atoms with Gasteiger partial charge in [-0.25, -0.2) is 4.79 Å². The summed E-state index contributed by atoms with van der Waals surface area (Å²) in [5.41, 5.74) is 0. The van der Waals surface area contributed by atoms with Crippen LogP contribution in [0, 0.1) is 0 Å². The van der Waals surface area contributed by atoms with Gasteiger partial charge in [0, 0.05) is 20.2 Å². The largest absolute Gasteiger partial charge is 0.480 e. The first-order valence-electron chi connectivity index (χ1n) is 6.05. The highest BCUT2D eigenvalue weighted by Gasteiger charge is 2.30. The minimum absolute atomic E-state index is 0.192. The third kappa shape index (κ3) is 4.66. The SMILES string of the molecule is COCCN(CC(=O)O)C(=O)N1CCOCC1CO. The number of urea groups is 1. The number of rotatable bonds is 6. The van der Waals surface area contributed by atoms with Crippen LogP contribution < -0.4 is 0 Å². The van der Waals surface area contributed by atoms with Gasteiger partial charge in [0.2, 0.25) is 0 Å². The molecule has 1 aliphatic heterocycles. The number of aliphatic carboxylic acids is 1. The van der Waals surface area contributed by atoms with Crippen LogP contribution in [0.25, 0.3) is 0 Å². The molecule has 2 amide bonds. The molecule has 8 heteroatoms. The molecule has 1 fully saturated rings. The fraction of sp³-hybridized carbons (Fsp3) is 0.818. The summed E-state index contributed by atoms with van der Waals surface area (Å²) in [5, 5.41) is 18.0. The van der Waals surface area contributed by atoms with Crippen molar-refractivity contribution in [2.75, 3.05) is 53.2 Å². The molecule has 0 radical (unpaired) electrons. The monoisotopic (exact) mass is 276 g/mol. The van der Waals surface area contributed by atoms with Crippen molar-refractivity contribution in [3.8, 4) is 0 Å². The summed E-state index contributed by atoms with van der Waals surface area (Å²) in [5.74, 6) is -1.08. The molecule has 0 spiro atoms. The first-order valence-corrected chi connectivity index (χ1v) is 6.05. The van der Waals surface area contributed by atoms with E-state index >= 15 is 0 Å². The molecule has 1 heterocycles. The second-order valence-corrected chi connectivity index (χ2v) is 4.20. The molecule has 0 aromatic heterocycles. The molecular formula is C11H20N2O6. The normalized spacial score (nSPS) is 19.3. The van der Waals surface area contributed by atoms with E-state index in [1.807, 2.05) is 0 Å². The van der Waals surface area contributed by atoms with Crippen molar-refractivity contribution in [3.05, 3.63) is 0 Å². The van der Waals surface area contributed by atoms with E-state index < -0.39 is 24.6 Å². The van der Waals surface area contributed by atoms with Gasteiger partial charge in [-0.2, -0.15) is 0 Å². The lowest BCUT2D eigenvalue weighted by molar-refractivity contribution is -0.138. The Labute approximate surface area is 111 Å². The topological polar surface area (TPSA) is 99.5 Å². The lowest BCUT2D eigenvalue weighted by Crippen LogP contribution is -2.56. The number of carbonyl (C=O) groups excluding carboxylic acids is 1. The van der Waals surface area contributed by atoms with Gasteiger partial charge < -0.3 is 29.5 Å². The van der Waals surface area contributed by atoms with Crippen LogP contribution in [-0.2, 0) is 14.3 Å². The lowest BCUT2D eigenvalue weighted by atomic mass is 10.2. The van der Waals surface area contributed by atoms with Crippen LogP contribution in [-0.4, -0.2) is 91.2 Å². The van der Waals surface area contributed by atoms with Gasteiger partial charge in [-0.3, -0.25) is 4.79 Å². The first kappa shape index (κ1) is 15.7. The van der Waals surface area contributed by atoms with Gasteiger partial charge in [-0.15, -0.1) is 0 Å². The highest BCUT2D eigenvalue weighted by molar-refractivity contribution is 5.80. The number of aliphatic hydroxyl groups is 1. The zero-order valence-electron chi connectivity index (χ0n) is 10.9. The number of ether oxygens (including phenoxy) is 2. The van der Waals surface area contributed by atoms with E-state index in [2.05, 4.69) is 0 Å². The molecule has 0 aliphatic carbocycles. The van der Waals surface area contributed by atoms with Crippen molar-refractivity contribution in [1.82, 2.24) is 9.80 Å². The minimum atomic E-state index is -1.08. The van der Waals surface area contributed by atoms with Crippen LogP contribution in [0.4, 0.5) is 4.79 Å². The van der Waals surface area contributed by atoms with Crippen molar-refractivity contribution in [2.24, 2.45) is 0 Å². The van der Waals surface area contributed by atoms with Crippen molar-refractivity contribution in [2.45, 2.75) is 6.04 Å². The summed E-state index contributed by atoms with van der Waals surface area (Å²) in [6.07, 6.45) is 0. The molecule has 1 unspecified atom stereocenters. The van der Waals surface area contributed by atoms with E-state index in [9.17, 15) is 14.7 Å². The molecule has 19 heavy (non-hydrogen) atoms. The molecule has 0 aromatic rings. The Hall–Kier alpha value is -1.38. The summed E-state index contributed by atoms with van der Waals surface area (Å²) >= 11 is 0. The number of carboxylic acid groups (broad SMARTS) is 1. The lowest BCUT2D eigenvalue weighted by Gasteiger charge is -2.37. The number of morpholine rings is 1. The van der Waals surface area contributed by atoms with E-state index in [-0.39, 0.29) is 26.4 Å². The first-order chi connectivity index (χ1) is 9.10. The van der Waals surface area contributed by atoms with Crippen molar-refractivity contribution in [1.29, 1.82) is 0 Å². The van der Waals surface area contributed by atoms with Gasteiger partial charge in [0.1, 0.15) is 6.54 Å². The van der Waals surface area contributed by atoms with E-state index in [0.717, 1.165) is 0 Å². The van der Waals surface area contributed by atoms with Gasteiger partial charge in [-0.1, -0.05) is 0 Å². The number of aliphatic hydroxyl groups excluding tert-OH is 1. The number of carboxylic acids is 1. The zero-order chi connectivity index (χ0) is 14.3. The van der Waals surface area contributed by atoms with Crippen molar-refractivity contribution in [3.63, 3.8) is 0 Å². The Morgan fingerprint density at radius 3 is 2.84 bits per heavy atom. The Morgan fingerprint density at radius 2 is 2.26 bits per heavy atom. The van der Waals surface area contributed by atoms with Gasteiger partial charge in [0.25, 0.3) is 0 Å². The molecule has 0 bridgehead atoms. The van der Waals surface area contributed by atoms with E-state index in [4.69, 9.17) is 14.6 Å². The summed E-state index contributed by atoms with van der Waals surface area (Å²) in [6, 6.07) is -0.845. The molecule has 8 nitrogen and oxygen atoms in total. The van der Waals surface area contributed by atoms with Gasteiger partial charge in [-0.05, 0) is 0 Å². The second-order valence-electron chi connectivity index (χ2n) is 4.20. The molecule has 110 valence electrons. The zero-order valence-corrected chi connectivity index (χ0v) is 10.9. The van der Waals surface area contributed by atoms with Gasteiger partial charge >= 0.3 is 12.0 Å². The number of methoxy groups -OCH3 is 1. The van der Waals surface area contributed by atoms with Crippen LogP contribution in [0.3, 0.4) is 0 Å². The molecule has 1 rings (SSSR count). The molecule has 0 saturated carbocycles. The minimum Gasteiger partial charge on any atom is -0.480 e. The summed E-state index contributed by atoms with van der Waals surface area (Å²) < 4.78 is 10.0. The third-order valence-electron chi connectivity index (χ3n) is 2.85. The summed E-state index contributed by atoms with van der Waals surface area (Å²) in [4.78, 5) is 25.7. The maximum absolute atomic E-state index is 12.3. The van der Waals surface area contributed by atoms with Crippen LogP contribution >= 0.6 is 0 Å². The average Bonchev–Trinajstić information content (AvgIpc) is 2.42. The number of hydrogen-bond acceptors (Lipinski definition) is 5. The fourth-order valence-electron chi connectivity index (χ4n) is 1.85. The number of nitrogens with zero attached hydrogens (tertiary/aromatic N) is 2. The van der Waals surface area contributed by atoms with Crippen LogP contribution in [0.5, 0.6) is 0 Å². The van der Waals surface area contributed by atoms with E-state index in [1.165, 1.54) is 16.9 Å². The second kappa shape index (κ2) is 7.93. The molecule has 1 aliphatic rings. The van der Waals surface area contributed by atoms with Crippen molar-refractivity contribution < 1.29 is 29.3 Å². The third-order valence-corrected chi connectivity index (χ3v) is 2.85. The summed E-state index contributed by atoms with van der Waals surface area (Å²) in [7, 11) is 1.48. The molecule has 2 N–H and O–H groups in total. The van der Waals surface area contributed by atoms with Crippen molar-refractivity contribution >= 4 is 12.0 Å².